The van der Waals surface area contributed by atoms with Crippen molar-refractivity contribution in [2.45, 2.75) is 90.4 Å². The molecule has 1 rings (SSSR count). The van der Waals surface area contributed by atoms with Gasteiger partial charge in [-0.3, -0.25) is 9.59 Å². The number of benzene rings is 1. The molecule has 29 heavy (non-hydrogen) atoms. The Kier molecular flexibility index (Phi) is 14.5. The number of halogens is 2. The third-order valence-corrected chi connectivity index (χ3v) is 5.26. The molecule has 6 heteroatoms. The first-order valence-electron chi connectivity index (χ1n) is 10.8. The average Bonchev–Trinajstić information content (AvgIpc) is 2.69. The number of unbranched alkanes of at least 4 members (excludes halogenated alkanes) is 9. The second kappa shape index (κ2) is 16.4. The molecule has 0 aliphatic rings. The molecule has 0 fully saturated rings. The van der Waals surface area contributed by atoms with Gasteiger partial charge in [0.25, 0.3) is 0 Å². The van der Waals surface area contributed by atoms with Gasteiger partial charge < -0.3 is 9.47 Å². The minimum Gasteiger partial charge on any atom is -0.466 e. The SMILES string of the molecule is CCCCCCCOC(=O)CCCCCCCCC(=O)Oc1ccc(F)cc1Br. The van der Waals surface area contributed by atoms with Gasteiger partial charge in [0, 0.05) is 12.8 Å². The molecule has 0 saturated carbocycles. The topological polar surface area (TPSA) is 52.6 Å². The van der Waals surface area contributed by atoms with E-state index in [0.29, 0.717) is 29.7 Å². The normalized spacial score (nSPS) is 10.7. The van der Waals surface area contributed by atoms with Crippen LogP contribution in [0.3, 0.4) is 0 Å². The predicted molar refractivity (Wildman–Crippen MR) is 116 cm³/mol. The Balaban J connectivity index is 1.94. The summed E-state index contributed by atoms with van der Waals surface area (Å²) < 4.78 is 23.9. The average molecular weight is 473 g/mol. The number of esters is 2. The van der Waals surface area contributed by atoms with Crippen molar-refractivity contribution in [1.29, 1.82) is 0 Å². The molecule has 0 radical (unpaired) electrons. The van der Waals surface area contributed by atoms with E-state index in [2.05, 4.69) is 22.9 Å². The van der Waals surface area contributed by atoms with Gasteiger partial charge in [0.1, 0.15) is 11.6 Å². The molecule has 1 aromatic rings. The Bertz CT molecular complexity index is 607. The Hall–Kier alpha value is -1.43. The lowest BCUT2D eigenvalue weighted by Gasteiger charge is -2.07. The maximum Gasteiger partial charge on any atom is 0.311 e. The molecule has 164 valence electrons. The fraction of sp³-hybridized carbons (Fsp3) is 0.652. The number of hydrogen-bond acceptors (Lipinski definition) is 4. The zero-order valence-electron chi connectivity index (χ0n) is 17.5. The highest BCUT2D eigenvalue weighted by Crippen LogP contribution is 2.26. The molecule has 1 aromatic carbocycles. The van der Waals surface area contributed by atoms with Crippen LogP contribution in [-0.4, -0.2) is 18.5 Å². The van der Waals surface area contributed by atoms with Gasteiger partial charge in [-0.15, -0.1) is 0 Å². The number of carbonyl (C=O) groups is 2. The molecule has 0 aliphatic heterocycles. The van der Waals surface area contributed by atoms with Crippen molar-refractivity contribution in [2.75, 3.05) is 6.61 Å². The highest BCUT2D eigenvalue weighted by Gasteiger charge is 2.09. The number of hydrogen-bond donors (Lipinski definition) is 0. The van der Waals surface area contributed by atoms with E-state index in [1.807, 2.05) is 0 Å². The number of rotatable bonds is 16. The van der Waals surface area contributed by atoms with Crippen molar-refractivity contribution in [3.05, 3.63) is 28.5 Å². The van der Waals surface area contributed by atoms with E-state index < -0.39 is 0 Å². The van der Waals surface area contributed by atoms with Crippen LogP contribution in [0.2, 0.25) is 0 Å². The summed E-state index contributed by atoms with van der Waals surface area (Å²) in [6, 6.07) is 3.97. The summed E-state index contributed by atoms with van der Waals surface area (Å²) >= 11 is 3.18. The highest BCUT2D eigenvalue weighted by atomic mass is 79.9. The third-order valence-electron chi connectivity index (χ3n) is 4.64. The number of carbonyl (C=O) groups excluding carboxylic acids is 2. The summed E-state index contributed by atoms with van der Waals surface area (Å²) in [4.78, 5) is 23.5. The summed E-state index contributed by atoms with van der Waals surface area (Å²) in [6.07, 6.45) is 12.3. The molecule has 0 aromatic heterocycles. The Morgan fingerprint density at radius 2 is 1.45 bits per heavy atom. The van der Waals surface area contributed by atoms with E-state index in [1.54, 1.807) is 0 Å². The van der Waals surface area contributed by atoms with Crippen LogP contribution in [-0.2, 0) is 14.3 Å². The quantitative estimate of drug-likeness (QED) is 0.146. The first kappa shape index (κ1) is 25.6. The molecule has 0 spiro atoms. The minimum absolute atomic E-state index is 0.0878. The second-order valence-corrected chi connectivity index (χ2v) is 8.16. The molecule has 0 N–H and O–H groups in total. The molecule has 0 bridgehead atoms. The summed E-state index contributed by atoms with van der Waals surface area (Å²) in [5.74, 6) is -0.443. The lowest BCUT2D eigenvalue weighted by atomic mass is 10.1. The van der Waals surface area contributed by atoms with Gasteiger partial charge in [0.15, 0.2) is 0 Å². The molecule has 0 unspecified atom stereocenters. The van der Waals surface area contributed by atoms with E-state index in [1.165, 1.54) is 37.5 Å². The van der Waals surface area contributed by atoms with Crippen LogP contribution in [0.1, 0.15) is 90.4 Å². The van der Waals surface area contributed by atoms with Gasteiger partial charge in [0.05, 0.1) is 11.1 Å². The van der Waals surface area contributed by atoms with E-state index in [0.717, 1.165) is 51.4 Å². The molecule has 0 amide bonds. The van der Waals surface area contributed by atoms with Crippen molar-refractivity contribution < 1.29 is 23.5 Å². The van der Waals surface area contributed by atoms with Crippen molar-refractivity contribution in [3.63, 3.8) is 0 Å². The van der Waals surface area contributed by atoms with Crippen molar-refractivity contribution in [2.24, 2.45) is 0 Å². The summed E-state index contributed by atoms with van der Waals surface area (Å²) in [6.45, 7) is 2.73. The molecule has 0 aliphatic carbocycles. The van der Waals surface area contributed by atoms with E-state index in [-0.39, 0.29) is 17.8 Å². The van der Waals surface area contributed by atoms with Crippen LogP contribution in [0.4, 0.5) is 4.39 Å². The summed E-state index contributed by atoms with van der Waals surface area (Å²) in [5, 5.41) is 0. The van der Waals surface area contributed by atoms with E-state index >= 15 is 0 Å². The highest BCUT2D eigenvalue weighted by molar-refractivity contribution is 9.10. The fourth-order valence-electron chi connectivity index (χ4n) is 2.94. The first-order chi connectivity index (χ1) is 14.0. The van der Waals surface area contributed by atoms with Crippen LogP contribution in [0.5, 0.6) is 5.75 Å². The minimum atomic E-state index is -0.382. The van der Waals surface area contributed by atoms with E-state index in [9.17, 15) is 14.0 Å². The lowest BCUT2D eigenvalue weighted by Crippen LogP contribution is -2.08. The number of ether oxygens (including phenoxy) is 2. The van der Waals surface area contributed by atoms with Gasteiger partial charge in [-0.05, 0) is 53.4 Å². The van der Waals surface area contributed by atoms with Gasteiger partial charge in [-0.2, -0.15) is 0 Å². The lowest BCUT2D eigenvalue weighted by molar-refractivity contribution is -0.144. The largest absolute Gasteiger partial charge is 0.466 e. The second-order valence-electron chi connectivity index (χ2n) is 7.30. The summed E-state index contributed by atoms with van der Waals surface area (Å²) in [5.41, 5.74) is 0. The van der Waals surface area contributed by atoms with Gasteiger partial charge >= 0.3 is 11.9 Å². The fourth-order valence-corrected chi connectivity index (χ4v) is 3.37. The van der Waals surface area contributed by atoms with Gasteiger partial charge in [-0.25, -0.2) is 4.39 Å². The van der Waals surface area contributed by atoms with Crippen LogP contribution in [0, 0.1) is 5.82 Å². The summed E-state index contributed by atoms with van der Waals surface area (Å²) in [7, 11) is 0. The van der Waals surface area contributed by atoms with Crippen molar-refractivity contribution in [3.8, 4) is 5.75 Å². The van der Waals surface area contributed by atoms with Crippen LogP contribution in [0.15, 0.2) is 22.7 Å². The van der Waals surface area contributed by atoms with Gasteiger partial charge in [-0.1, -0.05) is 58.3 Å². The smallest absolute Gasteiger partial charge is 0.311 e. The monoisotopic (exact) mass is 472 g/mol. The first-order valence-corrected chi connectivity index (χ1v) is 11.6. The predicted octanol–water partition coefficient (Wildman–Crippen LogP) is 7.13. The molecule has 0 heterocycles. The maximum absolute atomic E-state index is 13.0. The Labute approximate surface area is 182 Å². The Morgan fingerprint density at radius 3 is 2.10 bits per heavy atom. The molecular formula is C23H34BrFO4. The molecular weight excluding hydrogens is 439 g/mol. The van der Waals surface area contributed by atoms with E-state index in [4.69, 9.17) is 9.47 Å². The zero-order valence-corrected chi connectivity index (χ0v) is 19.1. The van der Waals surface area contributed by atoms with Gasteiger partial charge in [0.2, 0.25) is 0 Å². The van der Waals surface area contributed by atoms with Crippen molar-refractivity contribution >= 4 is 27.9 Å². The Morgan fingerprint density at radius 1 is 0.862 bits per heavy atom. The van der Waals surface area contributed by atoms with Crippen LogP contribution >= 0.6 is 15.9 Å². The van der Waals surface area contributed by atoms with Crippen LogP contribution < -0.4 is 4.74 Å². The molecule has 4 nitrogen and oxygen atoms in total. The maximum atomic E-state index is 13.0. The molecule has 0 saturated heterocycles. The van der Waals surface area contributed by atoms with Crippen molar-refractivity contribution in [1.82, 2.24) is 0 Å². The third kappa shape index (κ3) is 13.4. The zero-order chi connectivity index (χ0) is 21.3. The standard InChI is InChI=1S/C23H34BrFO4/c1-2-3-4-9-12-17-28-22(26)13-10-7-5-6-8-11-14-23(27)29-21-16-15-19(25)18-20(21)24/h15-16,18H,2-14,17H2,1H3. The van der Waals surface area contributed by atoms with Crippen LogP contribution in [0.25, 0.3) is 0 Å². The molecule has 0 atom stereocenters.